The van der Waals surface area contributed by atoms with Gasteiger partial charge in [0.15, 0.2) is 0 Å². The molecule has 0 amide bonds. The van der Waals surface area contributed by atoms with Crippen LogP contribution in [0.25, 0.3) is 0 Å². The topological polar surface area (TPSA) is 0 Å². The molecule has 0 N–H and O–H groups in total. The van der Waals surface area contributed by atoms with Gasteiger partial charge in [-0.05, 0) is 0 Å². The zero-order chi connectivity index (χ0) is 5.86. The SMILES string of the molecule is CC(C)=C[CH](C)[Na].Cl. The van der Waals surface area contributed by atoms with E-state index in [1.54, 1.807) is 0 Å². The summed E-state index contributed by atoms with van der Waals surface area (Å²) >= 11 is 1.29. The molecule has 0 rings (SSSR count). The third-order valence-electron chi connectivity index (χ3n) is 0.667. The second-order valence-corrected chi connectivity index (χ2v) is 4.31. The molecular weight excluding hydrogens is 131 g/mol. The van der Waals surface area contributed by atoms with Crippen LogP contribution in [0.3, 0.4) is 0 Å². The summed E-state index contributed by atoms with van der Waals surface area (Å²) in [6, 6.07) is 0. The van der Waals surface area contributed by atoms with Gasteiger partial charge in [-0.2, -0.15) is 0 Å². The van der Waals surface area contributed by atoms with Crippen molar-refractivity contribution in [2.24, 2.45) is 0 Å². The van der Waals surface area contributed by atoms with E-state index in [4.69, 9.17) is 0 Å². The Morgan fingerprint density at radius 3 is 1.88 bits per heavy atom. The summed E-state index contributed by atoms with van der Waals surface area (Å²) in [4.78, 5) is 0. The van der Waals surface area contributed by atoms with Crippen LogP contribution in [0.2, 0.25) is 3.17 Å². The molecule has 44 valence electrons. The van der Waals surface area contributed by atoms with Gasteiger partial charge in [-0.25, -0.2) is 0 Å². The Hall–Kier alpha value is 1.03. The van der Waals surface area contributed by atoms with Crippen molar-refractivity contribution < 1.29 is 0 Å². The molecule has 1 atom stereocenters. The van der Waals surface area contributed by atoms with E-state index in [1.807, 2.05) is 0 Å². The molecule has 0 aliphatic carbocycles. The van der Waals surface area contributed by atoms with E-state index in [0.717, 1.165) is 3.17 Å². The van der Waals surface area contributed by atoms with Crippen LogP contribution in [-0.4, -0.2) is 27.9 Å². The Balaban J connectivity index is 0. The van der Waals surface area contributed by atoms with E-state index in [1.165, 1.54) is 33.5 Å². The summed E-state index contributed by atoms with van der Waals surface area (Å²) < 4.78 is 0.852. The zero-order valence-electron chi connectivity index (χ0n) is 6.06. The molecule has 1 unspecified atom stereocenters. The molecule has 8 heavy (non-hydrogen) atoms. The van der Waals surface area contributed by atoms with Crippen LogP contribution in [0.4, 0.5) is 0 Å². The maximum atomic E-state index is 2.31. The summed E-state index contributed by atoms with van der Waals surface area (Å²) in [7, 11) is 0. The van der Waals surface area contributed by atoms with Crippen molar-refractivity contribution in [3.8, 4) is 0 Å². The van der Waals surface area contributed by atoms with Crippen molar-refractivity contribution in [3.63, 3.8) is 0 Å². The normalized spacial score (nSPS) is 11.6. The van der Waals surface area contributed by atoms with Gasteiger partial charge < -0.3 is 0 Å². The van der Waals surface area contributed by atoms with Gasteiger partial charge in [-0.3, -0.25) is 0 Å². The van der Waals surface area contributed by atoms with Crippen LogP contribution in [0.5, 0.6) is 0 Å². The van der Waals surface area contributed by atoms with Gasteiger partial charge in [0.2, 0.25) is 0 Å². The molecule has 0 spiro atoms. The van der Waals surface area contributed by atoms with Crippen molar-refractivity contribution in [1.29, 1.82) is 0 Å². The molecule has 0 saturated heterocycles. The van der Waals surface area contributed by atoms with Gasteiger partial charge in [0.1, 0.15) is 0 Å². The standard InChI is InChI=1S/C6H11.ClH.Na/c1-4-5-6(2)3;;/h4-5H,1-3H3;1H;. The van der Waals surface area contributed by atoms with Crippen LogP contribution < -0.4 is 0 Å². The second-order valence-electron chi connectivity index (χ2n) is 2.49. The largest absolute Gasteiger partial charge is 0.147 e. The zero-order valence-corrected chi connectivity index (χ0v) is 8.88. The molecule has 0 heterocycles. The Bertz CT molecular complexity index is 72.6. The Kier molecular flexibility index (Phi) is 9.06. The smallest absolute Gasteiger partial charge is 0.147 e. The number of halogens is 1. The predicted molar refractivity (Wildman–Crippen MR) is 41.9 cm³/mol. The first-order valence-electron chi connectivity index (χ1n) is 2.78. The van der Waals surface area contributed by atoms with E-state index >= 15 is 0 Å². The Morgan fingerprint density at radius 2 is 1.88 bits per heavy atom. The minimum Gasteiger partial charge on any atom is -0.147 e. The monoisotopic (exact) mass is 142 g/mol. The average molecular weight is 143 g/mol. The van der Waals surface area contributed by atoms with E-state index < -0.39 is 0 Å². The van der Waals surface area contributed by atoms with Gasteiger partial charge in [-0.1, -0.05) is 0 Å². The van der Waals surface area contributed by atoms with Gasteiger partial charge in [0.25, 0.3) is 0 Å². The number of hydrogen-bond donors (Lipinski definition) is 0. The van der Waals surface area contributed by atoms with Crippen LogP contribution in [0.1, 0.15) is 20.8 Å². The van der Waals surface area contributed by atoms with Crippen molar-refractivity contribution in [1.82, 2.24) is 0 Å². The van der Waals surface area contributed by atoms with E-state index in [-0.39, 0.29) is 12.4 Å². The summed E-state index contributed by atoms with van der Waals surface area (Å²) in [5, 5.41) is 0. The van der Waals surface area contributed by atoms with Crippen LogP contribution >= 0.6 is 12.4 Å². The second kappa shape index (κ2) is 6.15. The van der Waals surface area contributed by atoms with Gasteiger partial charge in [-0.15, -0.1) is 12.4 Å². The fourth-order valence-corrected chi connectivity index (χ4v) is 1.33. The fraction of sp³-hybridized carbons (Fsp3) is 0.667. The van der Waals surface area contributed by atoms with Gasteiger partial charge >= 0.3 is 63.5 Å². The molecule has 0 fully saturated rings. The molecule has 0 bridgehead atoms. The first-order chi connectivity index (χ1) is 3.13. The van der Waals surface area contributed by atoms with Crippen LogP contribution in [-0.2, 0) is 0 Å². The molecule has 0 saturated carbocycles. The van der Waals surface area contributed by atoms with E-state index in [9.17, 15) is 0 Å². The summed E-state index contributed by atoms with van der Waals surface area (Å²) in [6.45, 7) is 6.54. The number of allylic oxidation sites excluding steroid dienone is 2. The minimum absolute atomic E-state index is 0. The predicted octanol–water partition coefficient (Wildman–Crippen LogP) is 2.35. The van der Waals surface area contributed by atoms with Crippen LogP contribution in [0.15, 0.2) is 11.6 Å². The molecule has 0 radical (unpaired) electrons. The minimum atomic E-state index is 0. The molecule has 0 aliphatic rings. The van der Waals surface area contributed by atoms with Crippen LogP contribution in [0, 0.1) is 0 Å². The third kappa shape index (κ3) is 10.1. The number of hydrogen-bond acceptors (Lipinski definition) is 0. The maximum absolute atomic E-state index is 2.31. The number of rotatable bonds is 1. The van der Waals surface area contributed by atoms with Crippen molar-refractivity contribution >= 4 is 40.3 Å². The summed E-state index contributed by atoms with van der Waals surface area (Å²) in [6.07, 6.45) is 2.31. The van der Waals surface area contributed by atoms with Crippen molar-refractivity contribution in [2.75, 3.05) is 0 Å². The molecule has 0 aliphatic heterocycles. The molecule has 0 nitrogen and oxygen atoms in total. The molecule has 2 heteroatoms. The molecular formula is C6H12ClNa. The molecule has 0 aromatic heterocycles. The average Bonchev–Trinajstić information content (AvgIpc) is 1.27. The first kappa shape index (κ1) is 11.8. The first-order valence-corrected chi connectivity index (χ1v) is 3.93. The van der Waals surface area contributed by atoms with E-state index in [0.29, 0.717) is 0 Å². The van der Waals surface area contributed by atoms with Crippen molar-refractivity contribution in [3.05, 3.63) is 11.6 Å². The van der Waals surface area contributed by atoms with Gasteiger partial charge in [0, 0.05) is 0 Å². The van der Waals surface area contributed by atoms with E-state index in [2.05, 4.69) is 26.8 Å². The maximum Gasteiger partial charge on any atom is -0.147 e. The quantitative estimate of drug-likeness (QED) is 0.390. The Morgan fingerprint density at radius 1 is 1.50 bits per heavy atom. The molecule has 0 aromatic carbocycles. The third-order valence-corrected chi connectivity index (χ3v) is 1.00. The van der Waals surface area contributed by atoms with Crippen molar-refractivity contribution in [2.45, 2.75) is 23.9 Å². The molecule has 0 aromatic rings. The van der Waals surface area contributed by atoms with Gasteiger partial charge in [0.05, 0.1) is 0 Å². The summed E-state index contributed by atoms with van der Waals surface area (Å²) in [5.74, 6) is 0. The summed E-state index contributed by atoms with van der Waals surface area (Å²) in [5.41, 5.74) is 1.45. The fourth-order valence-electron chi connectivity index (χ4n) is 0.667. The Labute approximate surface area is 75.6 Å².